The van der Waals surface area contributed by atoms with Crippen molar-refractivity contribution in [2.45, 2.75) is 13.8 Å². The number of hydrogen-bond acceptors (Lipinski definition) is 6. The molecule has 0 bridgehead atoms. The standard InChI is InChI=1S/C11H16N2O4S/c1-6(5-17-3)4-12-11-13-8(10(15)16)9(18-11)7(2)14/h6H,4-5H2,1-3H3,(H,12,13)(H,15,16). The Balaban J connectivity index is 2.76. The SMILES string of the molecule is COCC(C)CNc1nc(C(=O)O)c(C(C)=O)s1. The molecule has 6 nitrogen and oxygen atoms in total. The van der Waals surface area contributed by atoms with E-state index >= 15 is 0 Å². The summed E-state index contributed by atoms with van der Waals surface area (Å²) in [4.78, 5) is 26.3. The number of aromatic carboxylic acids is 1. The van der Waals surface area contributed by atoms with E-state index in [1.165, 1.54) is 6.92 Å². The fourth-order valence-electron chi connectivity index (χ4n) is 1.38. The van der Waals surface area contributed by atoms with Crippen molar-refractivity contribution in [2.75, 3.05) is 25.6 Å². The van der Waals surface area contributed by atoms with Gasteiger partial charge >= 0.3 is 5.97 Å². The van der Waals surface area contributed by atoms with Gasteiger partial charge in [-0.3, -0.25) is 4.79 Å². The summed E-state index contributed by atoms with van der Waals surface area (Å²) in [6, 6.07) is 0. The first-order chi connectivity index (χ1) is 8.45. The van der Waals surface area contributed by atoms with Gasteiger partial charge in [-0.2, -0.15) is 0 Å². The van der Waals surface area contributed by atoms with Crippen LogP contribution in [0.4, 0.5) is 5.13 Å². The highest BCUT2D eigenvalue weighted by Gasteiger charge is 2.20. The highest BCUT2D eigenvalue weighted by atomic mass is 32.1. The van der Waals surface area contributed by atoms with Crippen LogP contribution in [-0.4, -0.2) is 42.1 Å². The van der Waals surface area contributed by atoms with Crippen LogP contribution in [0.5, 0.6) is 0 Å². The predicted octanol–water partition coefficient (Wildman–Crippen LogP) is 1.74. The molecule has 0 radical (unpaired) electrons. The van der Waals surface area contributed by atoms with E-state index in [0.29, 0.717) is 18.3 Å². The number of methoxy groups -OCH3 is 1. The van der Waals surface area contributed by atoms with Gasteiger partial charge in [0.05, 0.1) is 6.61 Å². The Morgan fingerprint density at radius 3 is 2.67 bits per heavy atom. The number of carbonyl (C=O) groups is 2. The molecule has 0 aromatic carbocycles. The number of aromatic nitrogens is 1. The summed E-state index contributed by atoms with van der Waals surface area (Å²) in [5, 5.41) is 12.4. The van der Waals surface area contributed by atoms with Crippen LogP contribution >= 0.6 is 11.3 Å². The number of ketones is 1. The minimum Gasteiger partial charge on any atom is -0.476 e. The third kappa shape index (κ3) is 3.78. The maximum Gasteiger partial charge on any atom is 0.356 e. The van der Waals surface area contributed by atoms with E-state index in [4.69, 9.17) is 9.84 Å². The van der Waals surface area contributed by atoms with Crippen LogP contribution in [0.15, 0.2) is 0 Å². The predicted molar refractivity (Wildman–Crippen MR) is 68.6 cm³/mol. The van der Waals surface area contributed by atoms with E-state index in [1.807, 2.05) is 6.92 Å². The van der Waals surface area contributed by atoms with Crippen LogP contribution in [0.3, 0.4) is 0 Å². The number of thiazole rings is 1. The smallest absolute Gasteiger partial charge is 0.356 e. The number of nitrogens with one attached hydrogen (secondary N) is 1. The second-order valence-corrected chi connectivity index (χ2v) is 5.00. The van der Waals surface area contributed by atoms with Gasteiger partial charge in [0, 0.05) is 20.6 Å². The Morgan fingerprint density at radius 1 is 1.56 bits per heavy atom. The number of carbonyl (C=O) groups excluding carboxylic acids is 1. The van der Waals surface area contributed by atoms with Crippen LogP contribution in [0, 0.1) is 5.92 Å². The number of rotatable bonds is 7. The average Bonchev–Trinajstić information content (AvgIpc) is 2.71. The molecule has 1 rings (SSSR count). The van der Waals surface area contributed by atoms with Gasteiger partial charge in [0.25, 0.3) is 0 Å². The third-order valence-corrected chi connectivity index (χ3v) is 3.32. The quantitative estimate of drug-likeness (QED) is 0.735. The molecule has 0 fully saturated rings. The van der Waals surface area contributed by atoms with E-state index < -0.39 is 5.97 Å². The molecule has 0 saturated carbocycles. The molecule has 18 heavy (non-hydrogen) atoms. The first-order valence-electron chi connectivity index (χ1n) is 5.43. The Bertz CT molecular complexity index is 413. The third-order valence-electron chi connectivity index (χ3n) is 2.20. The molecule has 1 aromatic heterocycles. The number of nitrogens with zero attached hydrogens (tertiary/aromatic N) is 1. The molecule has 0 aliphatic carbocycles. The van der Waals surface area contributed by atoms with Gasteiger partial charge in [-0.1, -0.05) is 18.3 Å². The van der Waals surface area contributed by atoms with Crippen molar-refractivity contribution >= 4 is 28.2 Å². The van der Waals surface area contributed by atoms with Gasteiger partial charge in [-0.05, 0) is 5.92 Å². The molecule has 1 heterocycles. The molecule has 0 saturated heterocycles. The molecule has 2 N–H and O–H groups in total. The van der Waals surface area contributed by atoms with Crippen LogP contribution in [0.25, 0.3) is 0 Å². The van der Waals surface area contributed by atoms with Crippen molar-refractivity contribution in [1.29, 1.82) is 0 Å². The van der Waals surface area contributed by atoms with Gasteiger partial charge < -0.3 is 15.2 Å². The summed E-state index contributed by atoms with van der Waals surface area (Å²) in [5.41, 5.74) is -0.186. The topological polar surface area (TPSA) is 88.5 Å². The summed E-state index contributed by atoms with van der Waals surface area (Å²) in [6.45, 7) is 4.53. The normalized spacial score (nSPS) is 12.2. The Morgan fingerprint density at radius 2 is 2.22 bits per heavy atom. The molecule has 0 aliphatic heterocycles. The summed E-state index contributed by atoms with van der Waals surface area (Å²) in [7, 11) is 1.62. The van der Waals surface area contributed by atoms with E-state index in [-0.39, 0.29) is 22.3 Å². The zero-order chi connectivity index (χ0) is 13.7. The molecule has 0 amide bonds. The average molecular weight is 272 g/mol. The zero-order valence-corrected chi connectivity index (χ0v) is 11.3. The van der Waals surface area contributed by atoms with Crippen molar-refractivity contribution in [1.82, 2.24) is 4.98 Å². The highest BCUT2D eigenvalue weighted by molar-refractivity contribution is 7.17. The Hall–Kier alpha value is -1.47. The Kier molecular flexibility index (Phi) is 5.24. The molecule has 0 spiro atoms. The van der Waals surface area contributed by atoms with Crippen molar-refractivity contribution in [2.24, 2.45) is 5.92 Å². The number of ether oxygens (including phenoxy) is 1. The number of anilines is 1. The second-order valence-electron chi connectivity index (χ2n) is 4.00. The number of carboxylic acids is 1. The maximum absolute atomic E-state index is 11.3. The lowest BCUT2D eigenvalue weighted by Crippen LogP contribution is -2.15. The van der Waals surface area contributed by atoms with Crippen LogP contribution in [0.2, 0.25) is 0 Å². The van der Waals surface area contributed by atoms with Gasteiger partial charge in [0.15, 0.2) is 16.6 Å². The minimum absolute atomic E-state index is 0.171. The number of carboxylic acid groups (broad SMARTS) is 1. The van der Waals surface area contributed by atoms with Crippen molar-refractivity contribution in [3.8, 4) is 0 Å². The largest absolute Gasteiger partial charge is 0.476 e. The van der Waals surface area contributed by atoms with Crippen LogP contribution in [-0.2, 0) is 4.74 Å². The van der Waals surface area contributed by atoms with Crippen LogP contribution < -0.4 is 5.32 Å². The van der Waals surface area contributed by atoms with E-state index in [2.05, 4.69) is 10.3 Å². The van der Waals surface area contributed by atoms with Gasteiger partial charge in [0.2, 0.25) is 0 Å². The fraction of sp³-hybridized carbons (Fsp3) is 0.545. The lowest BCUT2D eigenvalue weighted by atomic mass is 10.2. The van der Waals surface area contributed by atoms with Gasteiger partial charge in [-0.15, -0.1) is 0 Å². The molecule has 100 valence electrons. The van der Waals surface area contributed by atoms with E-state index in [0.717, 1.165) is 11.3 Å². The molecule has 1 unspecified atom stereocenters. The molecule has 1 atom stereocenters. The molecular formula is C11H16N2O4S. The summed E-state index contributed by atoms with van der Waals surface area (Å²) in [5.74, 6) is -1.20. The summed E-state index contributed by atoms with van der Waals surface area (Å²) < 4.78 is 4.99. The molecular weight excluding hydrogens is 256 g/mol. The lowest BCUT2D eigenvalue weighted by Gasteiger charge is -2.09. The van der Waals surface area contributed by atoms with Gasteiger partial charge in [-0.25, -0.2) is 9.78 Å². The molecule has 0 aliphatic rings. The Labute approximate surface area is 109 Å². The minimum atomic E-state index is -1.19. The second kappa shape index (κ2) is 6.46. The van der Waals surface area contributed by atoms with Crippen LogP contribution in [0.1, 0.15) is 34.0 Å². The van der Waals surface area contributed by atoms with E-state index in [1.54, 1.807) is 7.11 Å². The lowest BCUT2D eigenvalue weighted by molar-refractivity contribution is 0.0687. The molecule has 7 heteroatoms. The first kappa shape index (κ1) is 14.6. The van der Waals surface area contributed by atoms with E-state index in [9.17, 15) is 9.59 Å². The summed E-state index contributed by atoms with van der Waals surface area (Å²) in [6.07, 6.45) is 0. The summed E-state index contributed by atoms with van der Waals surface area (Å²) >= 11 is 1.06. The molecule has 1 aromatic rings. The zero-order valence-electron chi connectivity index (χ0n) is 10.5. The first-order valence-corrected chi connectivity index (χ1v) is 6.25. The van der Waals surface area contributed by atoms with Crippen molar-refractivity contribution < 1.29 is 19.4 Å². The van der Waals surface area contributed by atoms with Crippen molar-refractivity contribution in [3.63, 3.8) is 0 Å². The highest BCUT2D eigenvalue weighted by Crippen LogP contribution is 2.23. The maximum atomic E-state index is 11.3. The number of Topliss-reactive ketones (excluding diaryl/α,β-unsaturated/α-hetero) is 1. The van der Waals surface area contributed by atoms with Gasteiger partial charge in [0.1, 0.15) is 4.88 Å². The monoisotopic (exact) mass is 272 g/mol. The fourth-order valence-corrected chi connectivity index (χ4v) is 2.24. The van der Waals surface area contributed by atoms with Crippen molar-refractivity contribution in [3.05, 3.63) is 10.6 Å². The number of hydrogen-bond donors (Lipinski definition) is 2.